The molecule has 10 heteroatoms. The monoisotopic (exact) mass is 449 g/mol. The fourth-order valence-corrected chi connectivity index (χ4v) is 3.90. The lowest BCUT2D eigenvalue weighted by molar-refractivity contribution is 0.0995. The number of nitrogens with zero attached hydrogens (tertiary/aromatic N) is 4. The highest BCUT2D eigenvalue weighted by atomic mass is 16.5. The number of carbonyl (C=O) groups excluding carboxylic acids is 1. The van der Waals surface area contributed by atoms with E-state index < -0.39 is 5.91 Å². The standard InChI is InChI=1S/C23H27N7O3/c1-13-16-11-18(19(33-3)10-14(16)8-9-30(13)2)26-23-27-22(20(21(24)32)28-29-23)25-17-7-5-4-6-15(17)12-31/h4-7,10-11,13,31H,8-9,12H2,1-3H3,(H2,24,32)(H2,25,26,27,29). The van der Waals surface area contributed by atoms with Gasteiger partial charge in [0, 0.05) is 23.8 Å². The van der Waals surface area contributed by atoms with Crippen LogP contribution in [0.15, 0.2) is 36.4 Å². The number of rotatable bonds is 7. The molecule has 4 rings (SSSR count). The van der Waals surface area contributed by atoms with Crippen molar-refractivity contribution in [2.24, 2.45) is 5.73 Å². The molecule has 1 atom stereocenters. The Morgan fingerprint density at radius 2 is 2.03 bits per heavy atom. The van der Waals surface area contributed by atoms with Crippen LogP contribution in [0.1, 0.15) is 40.1 Å². The Hall–Kier alpha value is -3.76. The van der Waals surface area contributed by atoms with Gasteiger partial charge in [-0.2, -0.15) is 4.98 Å². The van der Waals surface area contributed by atoms with Gasteiger partial charge in [0.15, 0.2) is 11.5 Å². The van der Waals surface area contributed by atoms with Gasteiger partial charge in [-0.25, -0.2) is 0 Å². The molecular formula is C23H27N7O3. The lowest BCUT2D eigenvalue weighted by Crippen LogP contribution is -2.30. The Balaban J connectivity index is 1.70. The highest BCUT2D eigenvalue weighted by Crippen LogP contribution is 2.37. The number of ether oxygens (including phenoxy) is 1. The summed E-state index contributed by atoms with van der Waals surface area (Å²) in [6.45, 7) is 2.96. The van der Waals surface area contributed by atoms with Gasteiger partial charge in [-0.1, -0.05) is 18.2 Å². The first-order valence-corrected chi connectivity index (χ1v) is 10.6. The number of aromatic nitrogens is 3. The van der Waals surface area contributed by atoms with Crippen LogP contribution in [0.3, 0.4) is 0 Å². The molecule has 1 unspecified atom stereocenters. The molecular weight excluding hydrogens is 422 g/mol. The number of likely N-dealkylation sites (N-methyl/N-ethyl adjacent to an activating group) is 1. The molecule has 0 fully saturated rings. The number of aliphatic hydroxyl groups is 1. The molecule has 0 bridgehead atoms. The van der Waals surface area contributed by atoms with E-state index in [1.54, 1.807) is 31.4 Å². The fourth-order valence-electron chi connectivity index (χ4n) is 3.90. The Morgan fingerprint density at radius 1 is 1.24 bits per heavy atom. The minimum Gasteiger partial charge on any atom is -0.495 e. The Morgan fingerprint density at radius 3 is 2.76 bits per heavy atom. The second-order valence-corrected chi connectivity index (χ2v) is 7.92. The Kier molecular flexibility index (Phi) is 6.38. The number of benzene rings is 2. The number of aliphatic hydroxyl groups excluding tert-OH is 1. The summed E-state index contributed by atoms with van der Waals surface area (Å²) < 4.78 is 5.59. The second kappa shape index (κ2) is 9.39. The summed E-state index contributed by atoms with van der Waals surface area (Å²) in [5.74, 6) is 0.187. The number of para-hydroxylation sites is 1. The number of methoxy groups -OCH3 is 1. The van der Waals surface area contributed by atoms with Crippen LogP contribution in [0.5, 0.6) is 5.75 Å². The fraction of sp³-hybridized carbons (Fsp3) is 0.304. The molecule has 0 spiro atoms. The van der Waals surface area contributed by atoms with Crippen molar-refractivity contribution in [2.45, 2.75) is 26.0 Å². The van der Waals surface area contributed by atoms with Gasteiger partial charge >= 0.3 is 0 Å². The van der Waals surface area contributed by atoms with Gasteiger partial charge in [0.05, 0.1) is 19.4 Å². The summed E-state index contributed by atoms with van der Waals surface area (Å²) in [7, 11) is 3.71. The van der Waals surface area contributed by atoms with Crippen molar-refractivity contribution in [1.29, 1.82) is 0 Å². The zero-order valence-electron chi connectivity index (χ0n) is 18.8. The molecule has 5 N–H and O–H groups in total. The van der Waals surface area contributed by atoms with Crippen LogP contribution in [0.25, 0.3) is 0 Å². The van der Waals surface area contributed by atoms with E-state index in [9.17, 15) is 9.90 Å². The molecule has 172 valence electrons. The van der Waals surface area contributed by atoms with E-state index in [0.717, 1.165) is 13.0 Å². The molecule has 1 aliphatic heterocycles. The van der Waals surface area contributed by atoms with Gasteiger partial charge in [0.1, 0.15) is 5.75 Å². The van der Waals surface area contributed by atoms with E-state index in [2.05, 4.69) is 44.7 Å². The number of primary amides is 1. The zero-order chi connectivity index (χ0) is 23.5. The van der Waals surface area contributed by atoms with Crippen LogP contribution in [-0.2, 0) is 13.0 Å². The maximum atomic E-state index is 11.9. The number of nitrogens with two attached hydrogens (primary N) is 1. The summed E-state index contributed by atoms with van der Waals surface area (Å²) in [6, 6.07) is 11.4. The van der Waals surface area contributed by atoms with Crippen LogP contribution in [0.4, 0.5) is 23.1 Å². The molecule has 0 aliphatic carbocycles. The summed E-state index contributed by atoms with van der Waals surface area (Å²) in [5.41, 5.74) is 9.71. The zero-order valence-corrected chi connectivity index (χ0v) is 18.8. The number of nitrogens with one attached hydrogen (secondary N) is 2. The number of anilines is 4. The van der Waals surface area contributed by atoms with Crippen LogP contribution >= 0.6 is 0 Å². The lowest BCUT2D eigenvalue weighted by Gasteiger charge is -2.32. The third-order valence-electron chi connectivity index (χ3n) is 5.91. The van der Waals surface area contributed by atoms with E-state index in [1.165, 1.54) is 11.1 Å². The number of fused-ring (bicyclic) bond motifs is 1. The third kappa shape index (κ3) is 4.57. The van der Waals surface area contributed by atoms with Crippen molar-refractivity contribution in [2.75, 3.05) is 31.3 Å². The quantitative estimate of drug-likeness (QED) is 0.428. The number of hydrogen-bond donors (Lipinski definition) is 4. The molecule has 10 nitrogen and oxygen atoms in total. The summed E-state index contributed by atoms with van der Waals surface area (Å²) in [6.07, 6.45) is 0.941. The van der Waals surface area contributed by atoms with Crippen molar-refractivity contribution in [3.8, 4) is 5.75 Å². The van der Waals surface area contributed by atoms with Crippen molar-refractivity contribution in [3.05, 3.63) is 58.8 Å². The molecule has 1 aromatic heterocycles. The largest absolute Gasteiger partial charge is 0.495 e. The molecule has 0 saturated heterocycles. The molecule has 0 radical (unpaired) electrons. The topological polar surface area (TPSA) is 139 Å². The van der Waals surface area contributed by atoms with E-state index in [0.29, 0.717) is 22.7 Å². The minimum atomic E-state index is -0.770. The summed E-state index contributed by atoms with van der Waals surface area (Å²) in [5, 5.41) is 23.8. The molecule has 2 heterocycles. The molecule has 3 aromatic rings. The number of carbonyl (C=O) groups is 1. The third-order valence-corrected chi connectivity index (χ3v) is 5.91. The summed E-state index contributed by atoms with van der Waals surface area (Å²) in [4.78, 5) is 18.6. The van der Waals surface area contributed by atoms with E-state index in [4.69, 9.17) is 10.5 Å². The maximum Gasteiger partial charge on any atom is 0.273 e. The first-order valence-electron chi connectivity index (χ1n) is 10.6. The number of hydrogen-bond acceptors (Lipinski definition) is 9. The normalized spacial score (nSPS) is 15.6. The predicted octanol–water partition coefficient (Wildman–Crippen LogP) is 2.51. The van der Waals surface area contributed by atoms with Crippen LogP contribution in [-0.4, -0.2) is 51.8 Å². The van der Waals surface area contributed by atoms with Crippen molar-refractivity contribution in [1.82, 2.24) is 20.1 Å². The van der Waals surface area contributed by atoms with Gasteiger partial charge in [0.2, 0.25) is 5.95 Å². The van der Waals surface area contributed by atoms with Crippen LogP contribution < -0.4 is 21.1 Å². The van der Waals surface area contributed by atoms with Crippen LogP contribution in [0, 0.1) is 0 Å². The van der Waals surface area contributed by atoms with E-state index in [-0.39, 0.29) is 30.1 Å². The smallest absolute Gasteiger partial charge is 0.273 e. The average Bonchev–Trinajstić information content (AvgIpc) is 2.82. The lowest BCUT2D eigenvalue weighted by atomic mass is 9.93. The molecule has 1 aliphatic rings. The predicted molar refractivity (Wildman–Crippen MR) is 125 cm³/mol. The minimum absolute atomic E-state index is 0.110. The van der Waals surface area contributed by atoms with Crippen LogP contribution in [0.2, 0.25) is 0 Å². The number of amides is 1. The highest BCUT2D eigenvalue weighted by molar-refractivity contribution is 5.96. The summed E-state index contributed by atoms with van der Waals surface area (Å²) >= 11 is 0. The molecule has 1 amide bonds. The highest BCUT2D eigenvalue weighted by Gasteiger charge is 2.24. The van der Waals surface area contributed by atoms with E-state index >= 15 is 0 Å². The van der Waals surface area contributed by atoms with Gasteiger partial charge < -0.3 is 26.2 Å². The maximum absolute atomic E-state index is 11.9. The van der Waals surface area contributed by atoms with Gasteiger partial charge in [-0.3, -0.25) is 9.69 Å². The van der Waals surface area contributed by atoms with Gasteiger partial charge in [0.25, 0.3) is 5.91 Å². The first kappa shape index (κ1) is 22.4. The van der Waals surface area contributed by atoms with Gasteiger partial charge in [-0.15, -0.1) is 10.2 Å². The van der Waals surface area contributed by atoms with Crippen molar-refractivity contribution >= 4 is 29.0 Å². The SMILES string of the molecule is COc1cc2c(cc1Nc1nnc(C(N)=O)c(Nc3ccccc3CO)n1)C(C)N(C)CC2. The molecule has 33 heavy (non-hydrogen) atoms. The van der Waals surface area contributed by atoms with E-state index in [1.807, 2.05) is 12.1 Å². The van der Waals surface area contributed by atoms with Crippen molar-refractivity contribution < 1.29 is 14.6 Å². The van der Waals surface area contributed by atoms with Gasteiger partial charge in [-0.05, 0) is 49.7 Å². The molecule has 2 aromatic carbocycles. The Labute approximate surface area is 191 Å². The first-order chi connectivity index (χ1) is 15.9. The Bertz CT molecular complexity index is 1180. The van der Waals surface area contributed by atoms with Crippen molar-refractivity contribution in [3.63, 3.8) is 0 Å². The second-order valence-electron chi connectivity index (χ2n) is 7.92. The average molecular weight is 450 g/mol. The molecule has 0 saturated carbocycles.